The molecule has 1 heterocycles. The standard InChI is InChI=1S/C9H10F2O2S/c10-9(11)5-13-3-1-8(12)7-2-4-14-6-7/h2,4,6,9H,1,3,5H2. The molecule has 5 heteroatoms. The minimum atomic E-state index is -2.47. The van der Waals surface area contributed by atoms with E-state index in [-0.39, 0.29) is 18.8 Å². The topological polar surface area (TPSA) is 26.3 Å². The molecule has 0 saturated heterocycles. The Morgan fingerprint density at radius 1 is 1.57 bits per heavy atom. The van der Waals surface area contributed by atoms with Gasteiger partial charge in [0.2, 0.25) is 0 Å². The minimum Gasteiger partial charge on any atom is -0.375 e. The number of rotatable bonds is 6. The van der Waals surface area contributed by atoms with Crippen molar-refractivity contribution >= 4 is 17.1 Å². The molecule has 0 fully saturated rings. The maximum Gasteiger partial charge on any atom is 0.261 e. The average Bonchev–Trinajstić information content (AvgIpc) is 2.64. The van der Waals surface area contributed by atoms with Crippen LogP contribution in [0.1, 0.15) is 16.8 Å². The Hall–Kier alpha value is -0.810. The molecule has 0 saturated carbocycles. The SMILES string of the molecule is O=C(CCOCC(F)F)c1ccsc1. The number of alkyl halides is 2. The Kier molecular flexibility index (Phi) is 4.69. The van der Waals surface area contributed by atoms with E-state index < -0.39 is 13.0 Å². The number of Topliss-reactive ketones (excluding diaryl/α,β-unsaturated/α-hetero) is 1. The maximum absolute atomic E-state index is 11.6. The minimum absolute atomic E-state index is 0.0546. The van der Waals surface area contributed by atoms with Crippen molar-refractivity contribution in [2.45, 2.75) is 12.8 Å². The Balaban J connectivity index is 2.16. The molecule has 0 aromatic carbocycles. The molecule has 0 bridgehead atoms. The van der Waals surface area contributed by atoms with Gasteiger partial charge < -0.3 is 4.74 Å². The number of carbonyl (C=O) groups is 1. The molecule has 1 aromatic rings. The van der Waals surface area contributed by atoms with Crippen molar-refractivity contribution in [2.24, 2.45) is 0 Å². The number of halogens is 2. The fraction of sp³-hybridized carbons (Fsp3) is 0.444. The van der Waals surface area contributed by atoms with Crippen molar-refractivity contribution in [3.05, 3.63) is 22.4 Å². The van der Waals surface area contributed by atoms with Crippen LogP contribution < -0.4 is 0 Å². The second kappa shape index (κ2) is 5.82. The lowest BCUT2D eigenvalue weighted by Gasteiger charge is -2.01. The summed E-state index contributed by atoms with van der Waals surface area (Å²) in [6.07, 6.45) is -2.31. The Morgan fingerprint density at radius 3 is 2.93 bits per heavy atom. The lowest BCUT2D eigenvalue weighted by molar-refractivity contribution is 0.0170. The van der Waals surface area contributed by atoms with Crippen LogP contribution >= 0.6 is 11.3 Å². The van der Waals surface area contributed by atoms with E-state index >= 15 is 0 Å². The van der Waals surface area contributed by atoms with Crippen molar-refractivity contribution < 1.29 is 18.3 Å². The number of thiophene rings is 1. The summed E-state index contributed by atoms with van der Waals surface area (Å²) in [4.78, 5) is 11.3. The Labute approximate surface area is 84.5 Å². The molecule has 0 unspecified atom stereocenters. The van der Waals surface area contributed by atoms with Gasteiger partial charge >= 0.3 is 0 Å². The Morgan fingerprint density at radius 2 is 2.36 bits per heavy atom. The summed E-state index contributed by atoms with van der Waals surface area (Å²) >= 11 is 1.43. The lowest BCUT2D eigenvalue weighted by atomic mass is 10.2. The number of ether oxygens (including phenoxy) is 1. The summed E-state index contributed by atoms with van der Waals surface area (Å²) in [7, 11) is 0. The highest BCUT2D eigenvalue weighted by molar-refractivity contribution is 7.08. The summed E-state index contributed by atoms with van der Waals surface area (Å²) in [6.45, 7) is -0.546. The van der Waals surface area contributed by atoms with E-state index in [1.54, 1.807) is 16.8 Å². The molecule has 2 nitrogen and oxygen atoms in total. The van der Waals surface area contributed by atoms with Crippen LogP contribution in [-0.2, 0) is 4.74 Å². The smallest absolute Gasteiger partial charge is 0.261 e. The predicted octanol–water partition coefficient (Wildman–Crippen LogP) is 2.60. The maximum atomic E-state index is 11.6. The molecule has 1 rings (SSSR count). The summed E-state index contributed by atoms with van der Waals surface area (Å²) in [5.74, 6) is -0.0690. The van der Waals surface area contributed by atoms with Gasteiger partial charge in [-0.05, 0) is 11.4 Å². The van der Waals surface area contributed by atoms with E-state index in [2.05, 4.69) is 4.74 Å². The highest BCUT2D eigenvalue weighted by Gasteiger charge is 2.07. The molecule has 1 aromatic heterocycles. The third-order valence-electron chi connectivity index (χ3n) is 1.56. The second-order valence-electron chi connectivity index (χ2n) is 2.65. The van der Waals surface area contributed by atoms with Gasteiger partial charge in [0, 0.05) is 17.4 Å². The first-order chi connectivity index (χ1) is 6.70. The predicted molar refractivity (Wildman–Crippen MR) is 50.1 cm³/mol. The summed E-state index contributed by atoms with van der Waals surface area (Å²) < 4.78 is 27.8. The van der Waals surface area contributed by atoms with E-state index in [0.717, 1.165) is 0 Å². The fourth-order valence-corrected chi connectivity index (χ4v) is 1.57. The van der Waals surface area contributed by atoms with Crippen LogP contribution in [0.5, 0.6) is 0 Å². The normalized spacial score (nSPS) is 10.8. The third kappa shape index (κ3) is 3.93. The van der Waals surface area contributed by atoms with E-state index in [4.69, 9.17) is 0 Å². The van der Waals surface area contributed by atoms with Gasteiger partial charge in [0.15, 0.2) is 5.78 Å². The van der Waals surface area contributed by atoms with Crippen molar-refractivity contribution in [3.63, 3.8) is 0 Å². The highest BCUT2D eigenvalue weighted by atomic mass is 32.1. The van der Waals surface area contributed by atoms with Gasteiger partial charge in [-0.2, -0.15) is 11.3 Å². The van der Waals surface area contributed by atoms with Crippen LogP contribution in [-0.4, -0.2) is 25.4 Å². The van der Waals surface area contributed by atoms with Crippen molar-refractivity contribution in [1.82, 2.24) is 0 Å². The zero-order chi connectivity index (χ0) is 10.4. The molecule has 0 radical (unpaired) electrons. The monoisotopic (exact) mass is 220 g/mol. The highest BCUT2D eigenvalue weighted by Crippen LogP contribution is 2.08. The second-order valence-corrected chi connectivity index (χ2v) is 3.43. The number of hydrogen-bond donors (Lipinski definition) is 0. The van der Waals surface area contributed by atoms with Crippen molar-refractivity contribution in [1.29, 1.82) is 0 Å². The van der Waals surface area contributed by atoms with Crippen LogP contribution in [0.25, 0.3) is 0 Å². The lowest BCUT2D eigenvalue weighted by Crippen LogP contribution is -2.08. The van der Waals surface area contributed by atoms with Crippen molar-refractivity contribution in [2.75, 3.05) is 13.2 Å². The fourth-order valence-electron chi connectivity index (χ4n) is 0.905. The molecule has 14 heavy (non-hydrogen) atoms. The van der Waals surface area contributed by atoms with Gasteiger partial charge in [0.1, 0.15) is 6.61 Å². The largest absolute Gasteiger partial charge is 0.375 e. The zero-order valence-corrected chi connectivity index (χ0v) is 8.23. The number of ketones is 1. The molecule has 0 spiro atoms. The third-order valence-corrected chi connectivity index (χ3v) is 2.24. The van der Waals surface area contributed by atoms with Crippen LogP contribution in [0.2, 0.25) is 0 Å². The average molecular weight is 220 g/mol. The first-order valence-corrected chi connectivity index (χ1v) is 5.05. The molecule has 0 amide bonds. The van der Waals surface area contributed by atoms with Crippen LogP contribution in [0, 0.1) is 0 Å². The van der Waals surface area contributed by atoms with Gasteiger partial charge in [-0.25, -0.2) is 8.78 Å². The first-order valence-electron chi connectivity index (χ1n) is 4.11. The van der Waals surface area contributed by atoms with E-state index in [1.807, 2.05) is 0 Å². The van der Waals surface area contributed by atoms with Gasteiger partial charge in [0.05, 0.1) is 6.61 Å². The summed E-state index contributed by atoms with van der Waals surface area (Å²) in [6, 6.07) is 1.71. The van der Waals surface area contributed by atoms with E-state index in [0.29, 0.717) is 5.56 Å². The Bertz CT molecular complexity index is 272. The quantitative estimate of drug-likeness (QED) is 0.544. The summed E-state index contributed by atoms with van der Waals surface area (Å²) in [5.41, 5.74) is 0.621. The molecule has 0 atom stereocenters. The van der Waals surface area contributed by atoms with E-state index in [9.17, 15) is 13.6 Å². The van der Waals surface area contributed by atoms with Crippen molar-refractivity contribution in [3.8, 4) is 0 Å². The van der Waals surface area contributed by atoms with Crippen LogP contribution in [0.4, 0.5) is 8.78 Å². The molecular weight excluding hydrogens is 210 g/mol. The molecular formula is C9H10F2O2S. The molecule has 0 N–H and O–H groups in total. The van der Waals surface area contributed by atoms with Crippen LogP contribution in [0.15, 0.2) is 16.8 Å². The van der Waals surface area contributed by atoms with Gasteiger partial charge in [-0.3, -0.25) is 4.79 Å². The molecule has 78 valence electrons. The molecule has 0 aliphatic rings. The molecule has 0 aliphatic carbocycles. The van der Waals surface area contributed by atoms with Gasteiger partial charge in [-0.1, -0.05) is 0 Å². The zero-order valence-electron chi connectivity index (χ0n) is 7.41. The molecule has 0 aliphatic heterocycles. The summed E-state index contributed by atoms with van der Waals surface area (Å²) in [5, 5.41) is 3.53. The first kappa shape index (κ1) is 11.3. The number of hydrogen-bond acceptors (Lipinski definition) is 3. The van der Waals surface area contributed by atoms with Gasteiger partial charge in [0.25, 0.3) is 6.43 Å². The van der Waals surface area contributed by atoms with E-state index in [1.165, 1.54) is 11.3 Å². The van der Waals surface area contributed by atoms with Gasteiger partial charge in [-0.15, -0.1) is 0 Å². The van der Waals surface area contributed by atoms with Crippen LogP contribution in [0.3, 0.4) is 0 Å². The number of carbonyl (C=O) groups excluding carboxylic acids is 1.